The monoisotopic (exact) mass is 190 g/mol. The van der Waals surface area contributed by atoms with Crippen LogP contribution in [0.1, 0.15) is 10.4 Å². The molecule has 0 heterocycles. The molecule has 0 saturated carbocycles. The zero-order valence-corrected chi connectivity index (χ0v) is 7.40. The molecule has 0 bridgehead atoms. The minimum Gasteiger partial charge on any atom is -0.478 e. The Balaban J connectivity index is 0.000000980. The van der Waals surface area contributed by atoms with E-state index in [0.29, 0.717) is 5.56 Å². The fourth-order valence-corrected chi connectivity index (χ4v) is 1.41. The second kappa shape index (κ2) is 3.89. The predicted molar refractivity (Wildman–Crippen MR) is 54.5 cm³/mol. The third kappa shape index (κ3) is 1.58. The number of aromatic carboxylic acids is 1. The van der Waals surface area contributed by atoms with Crippen molar-refractivity contribution in [2.75, 3.05) is 0 Å². The summed E-state index contributed by atoms with van der Waals surface area (Å²) < 4.78 is 0. The lowest BCUT2D eigenvalue weighted by molar-refractivity contribution is 0.0699. The minimum atomic E-state index is -0.878. The molecule has 0 radical (unpaired) electrons. The zero-order chi connectivity index (χ0) is 9.26. The first-order valence-electron chi connectivity index (χ1n) is 4.00. The van der Waals surface area contributed by atoms with E-state index >= 15 is 0 Å². The molecule has 2 rings (SSSR count). The Morgan fingerprint density at radius 3 is 2.36 bits per heavy atom. The molecule has 2 aromatic rings. The maximum absolute atomic E-state index is 10.8. The number of fused-ring (bicyclic) bond motifs is 1. The number of carboxylic acids is 1. The van der Waals surface area contributed by atoms with Crippen molar-refractivity contribution >= 4 is 16.7 Å². The van der Waals surface area contributed by atoms with Crippen molar-refractivity contribution in [3.63, 3.8) is 0 Å². The second-order valence-electron chi connectivity index (χ2n) is 2.83. The summed E-state index contributed by atoms with van der Waals surface area (Å²) >= 11 is 0. The predicted octanol–water partition coefficient (Wildman–Crippen LogP) is 1.71. The van der Waals surface area contributed by atoms with Crippen LogP contribution in [0, 0.1) is 0 Å². The summed E-state index contributed by atoms with van der Waals surface area (Å²) in [5.74, 6) is -0.878. The number of benzene rings is 2. The Labute approximate surface area is 80.9 Å². The molecule has 0 aromatic heterocycles. The first-order valence-corrected chi connectivity index (χ1v) is 4.00. The van der Waals surface area contributed by atoms with Gasteiger partial charge < -0.3 is 10.6 Å². The van der Waals surface area contributed by atoms with Crippen molar-refractivity contribution in [1.82, 2.24) is 0 Å². The fourth-order valence-electron chi connectivity index (χ4n) is 1.41. The molecule has 0 spiro atoms. The molecule has 0 aliphatic heterocycles. The Morgan fingerprint density at radius 2 is 1.64 bits per heavy atom. The quantitative estimate of drug-likeness (QED) is 0.743. The van der Waals surface area contributed by atoms with Gasteiger partial charge in [-0.2, -0.15) is 0 Å². The van der Waals surface area contributed by atoms with Gasteiger partial charge in [0.05, 0.1) is 5.56 Å². The molecule has 0 saturated heterocycles. The van der Waals surface area contributed by atoms with Crippen molar-refractivity contribution in [1.29, 1.82) is 0 Å². The van der Waals surface area contributed by atoms with E-state index < -0.39 is 5.97 Å². The highest BCUT2D eigenvalue weighted by atomic mass is 16.4. The maximum atomic E-state index is 10.8. The molecule has 0 atom stereocenters. The lowest BCUT2D eigenvalue weighted by Gasteiger charge is -2.00. The SMILES string of the molecule is O.O=C(O)c1cccc2ccccc12. The molecule has 2 aromatic carbocycles. The van der Waals surface area contributed by atoms with Gasteiger partial charge in [-0.25, -0.2) is 4.79 Å². The van der Waals surface area contributed by atoms with Crippen molar-refractivity contribution in [3.05, 3.63) is 48.0 Å². The Kier molecular flexibility index (Phi) is 2.84. The van der Waals surface area contributed by atoms with Crippen LogP contribution >= 0.6 is 0 Å². The molecule has 0 amide bonds. The second-order valence-corrected chi connectivity index (χ2v) is 2.83. The molecule has 14 heavy (non-hydrogen) atoms. The van der Waals surface area contributed by atoms with Gasteiger partial charge >= 0.3 is 5.97 Å². The highest BCUT2D eigenvalue weighted by Crippen LogP contribution is 2.17. The van der Waals surface area contributed by atoms with Crippen LogP contribution in [-0.4, -0.2) is 16.6 Å². The highest BCUT2D eigenvalue weighted by molar-refractivity contribution is 6.03. The molecule has 0 fully saturated rings. The van der Waals surface area contributed by atoms with Gasteiger partial charge in [-0.15, -0.1) is 0 Å². The average Bonchev–Trinajstić information content (AvgIpc) is 2.17. The van der Waals surface area contributed by atoms with E-state index in [4.69, 9.17) is 5.11 Å². The summed E-state index contributed by atoms with van der Waals surface area (Å²) in [6, 6.07) is 12.7. The van der Waals surface area contributed by atoms with E-state index in [-0.39, 0.29) is 5.48 Å². The molecule has 3 nitrogen and oxygen atoms in total. The van der Waals surface area contributed by atoms with Crippen LogP contribution in [0.3, 0.4) is 0 Å². The van der Waals surface area contributed by atoms with Gasteiger partial charge in [0.2, 0.25) is 0 Å². The average molecular weight is 190 g/mol. The third-order valence-electron chi connectivity index (χ3n) is 2.02. The number of hydrogen-bond acceptors (Lipinski definition) is 1. The molecular formula is C11H10O3. The van der Waals surface area contributed by atoms with Gasteiger partial charge in [-0.1, -0.05) is 36.4 Å². The Bertz CT molecular complexity index is 458. The smallest absolute Gasteiger partial charge is 0.336 e. The minimum absolute atomic E-state index is 0. The van der Waals surface area contributed by atoms with Crippen LogP contribution in [0.2, 0.25) is 0 Å². The van der Waals surface area contributed by atoms with Gasteiger partial charge in [-0.3, -0.25) is 0 Å². The normalized spacial score (nSPS) is 9.43. The van der Waals surface area contributed by atoms with Crippen LogP contribution in [0.5, 0.6) is 0 Å². The van der Waals surface area contributed by atoms with E-state index in [1.807, 2.05) is 30.3 Å². The lowest BCUT2D eigenvalue weighted by Crippen LogP contribution is -1.96. The van der Waals surface area contributed by atoms with Gasteiger partial charge in [-0.05, 0) is 16.8 Å². The molecule has 3 heteroatoms. The standard InChI is InChI=1S/C11H8O2.H2O/c12-11(13)10-7-3-5-8-4-1-2-6-9(8)10;/h1-7H,(H,12,13);1H2. The van der Waals surface area contributed by atoms with E-state index in [0.717, 1.165) is 10.8 Å². The largest absolute Gasteiger partial charge is 0.478 e. The van der Waals surface area contributed by atoms with Crippen LogP contribution in [-0.2, 0) is 0 Å². The van der Waals surface area contributed by atoms with Gasteiger partial charge in [0.25, 0.3) is 0 Å². The Hall–Kier alpha value is -1.87. The Morgan fingerprint density at radius 1 is 1.00 bits per heavy atom. The summed E-state index contributed by atoms with van der Waals surface area (Å²) in [6.07, 6.45) is 0. The van der Waals surface area contributed by atoms with Crippen LogP contribution in [0.4, 0.5) is 0 Å². The fraction of sp³-hybridized carbons (Fsp3) is 0. The van der Waals surface area contributed by atoms with E-state index in [9.17, 15) is 4.79 Å². The third-order valence-corrected chi connectivity index (χ3v) is 2.02. The van der Waals surface area contributed by atoms with Crippen LogP contribution in [0.25, 0.3) is 10.8 Å². The summed E-state index contributed by atoms with van der Waals surface area (Å²) in [4.78, 5) is 10.8. The molecular weight excluding hydrogens is 180 g/mol. The number of hydrogen-bond donors (Lipinski definition) is 1. The van der Waals surface area contributed by atoms with Crippen molar-refractivity contribution < 1.29 is 15.4 Å². The summed E-state index contributed by atoms with van der Waals surface area (Å²) in [7, 11) is 0. The summed E-state index contributed by atoms with van der Waals surface area (Å²) in [6.45, 7) is 0. The summed E-state index contributed by atoms with van der Waals surface area (Å²) in [5, 5.41) is 10.6. The van der Waals surface area contributed by atoms with E-state index in [1.165, 1.54) is 0 Å². The topological polar surface area (TPSA) is 68.8 Å². The maximum Gasteiger partial charge on any atom is 0.336 e. The zero-order valence-electron chi connectivity index (χ0n) is 7.40. The molecule has 0 unspecified atom stereocenters. The lowest BCUT2D eigenvalue weighted by atomic mass is 10.1. The molecule has 0 aliphatic rings. The molecule has 72 valence electrons. The van der Waals surface area contributed by atoms with Crippen molar-refractivity contribution in [2.24, 2.45) is 0 Å². The molecule has 3 N–H and O–H groups in total. The van der Waals surface area contributed by atoms with Gasteiger partial charge in [0.15, 0.2) is 0 Å². The van der Waals surface area contributed by atoms with Crippen molar-refractivity contribution in [2.45, 2.75) is 0 Å². The summed E-state index contributed by atoms with van der Waals surface area (Å²) in [5.41, 5.74) is 0.359. The van der Waals surface area contributed by atoms with Gasteiger partial charge in [0.1, 0.15) is 0 Å². The van der Waals surface area contributed by atoms with E-state index in [2.05, 4.69) is 0 Å². The van der Waals surface area contributed by atoms with E-state index in [1.54, 1.807) is 12.1 Å². The van der Waals surface area contributed by atoms with Crippen molar-refractivity contribution in [3.8, 4) is 0 Å². The van der Waals surface area contributed by atoms with Crippen LogP contribution in [0.15, 0.2) is 42.5 Å². The first kappa shape index (κ1) is 10.2. The number of carbonyl (C=O) groups is 1. The molecule has 0 aliphatic carbocycles. The van der Waals surface area contributed by atoms with Crippen LogP contribution < -0.4 is 0 Å². The number of rotatable bonds is 1. The first-order chi connectivity index (χ1) is 6.29. The van der Waals surface area contributed by atoms with Gasteiger partial charge in [0, 0.05) is 0 Å². The highest BCUT2D eigenvalue weighted by Gasteiger charge is 2.05. The number of carboxylic acid groups (broad SMARTS) is 1.